The van der Waals surface area contributed by atoms with Gasteiger partial charge in [-0.15, -0.1) is 0 Å². The van der Waals surface area contributed by atoms with Crippen LogP contribution >= 0.6 is 0 Å². The number of nitrogens with one attached hydrogen (secondary N) is 1. The lowest BCUT2D eigenvalue weighted by Crippen LogP contribution is -2.47. The number of rotatable bonds is 4. The summed E-state index contributed by atoms with van der Waals surface area (Å²) >= 11 is 0. The summed E-state index contributed by atoms with van der Waals surface area (Å²) in [5, 5.41) is 7.51. The molecule has 2 amide bonds. The Labute approximate surface area is 180 Å². The van der Waals surface area contributed by atoms with Crippen LogP contribution < -0.4 is 15.0 Å². The number of ether oxygens (including phenoxy) is 1. The fraction of sp³-hybridized carbons (Fsp3) is 0.292. The van der Waals surface area contributed by atoms with Gasteiger partial charge >= 0.3 is 0 Å². The summed E-state index contributed by atoms with van der Waals surface area (Å²) in [4.78, 5) is 28.6. The van der Waals surface area contributed by atoms with Crippen LogP contribution in [0.4, 0.5) is 11.5 Å². The SMILES string of the molecule is COc1ccc(-n2ncc3c2NC(=O)C[C@@]32C(=O)N(CC(C)C)c3ccccc32)cc1. The molecule has 0 bridgehead atoms. The number of carbonyl (C=O) groups is 2. The van der Waals surface area contributed by atoms with Crippen molar-refractivity contribution in [1.82, 2.24) is 9.78 Å². The summed E-state index contributed by atoms with van der Waals surface area (Å²) in [6, 6.07) is 15.2. The summed E-state index contributed by atoms with van der Waals surface area (Å²) < 4.78 is 6.91. The van der Waals surface area contributed by atoms with Crippen LogP contribution in [-0.2, 0) is 15.0 Å². The first-order chi connectivity index (χ1) is 15.0. The molecular weight excluding hydrogens is 392 g/mol. The van der Waals surface area contributed by atoms with Gasteiger partial charge < -0.3 is 15.0 Å². The van der Waals surface area contributed by atoms with Crippen molar-refractivity contribution >= 4 is 23.3 Å². The maximum absolute atomic E-state index is 13.9. The lowest BCUT2D eigenvalue weighted by molar-refractivity contribution is -0.126. The minimum atomic E-state index is -1.06. The third-order valence-corrected chi connectivity index (χ3v) is 6.04. The molecule has 1 atom stereocenters. The second kappa shape index (κ2) is 6.97. The summed E-state index contributed by atoms with van der Waals surface area (Å²) in [5.74, 6) is 1.31. The smallest absolute Gasteiger partial charge is 0.242 e. The quantitative estimate of drug-likeness (QED) is 0.706. The Hall–Kier alpha value is -3.61. The van der Waals surface area contributed by atoms with Crippen LogP contribution in [0.3, 0.4) is 0 Å². The zero-order chi connectivity index (χ0) is 21.8. The van der Waals surface area contributed by atoms with Crippen molar-refractivity contribution in [3.05, 3.63) is 65.9 Å². The molecule has 158 valence electrons. The molecule has 0 fully saturated rings. The number of hydrogen-bond donors (Lipinski definition) is 1. The van der Waals surface area contributed by atoms with E-state index in [4.69, 9.17) is 4.74 Å². The number of fused-ring (bicyclic) bond motifs is 4. The van der Waals surface area contributed by atoms with Crippen molar-refractivity contribution < 1.29 is 14.3 Å². The number of carbonyl (C=O) groups excluding carboxylic acids is 2. The number of anilines is 2. The van der Waals surface area contributed by atoms with Gasteiger partial charge in [-0.1, -0.05) is 32.0 Å². The normalized spacial score (nSPS) is 19.5. The van der Waals surface area contributed by atoms with Crippen LogP contribution in [0.15, 0.2) is 54.7 Å². The molecule has 31 heavy (non-hydrogen) atoms. The highest BCUT2D eigenvalue weighted by Crippen LogP contribution is 2.52. The Balaban J connectivity index is 1.70. The van der Waals surface area contributed by atoms with Crippen molar-refractivity contribution in [3.63, 3.8) is 0 Å². The second-order valence-electron chi connectivity index (χ2n) is 8.47. The van der Waals surface area contributed by atoms with Gasteiger partial charge in [0.05, 0.1) is 19.0 Å². The van der Waals surface area contributed by atoms with Gasteiger partial charge in [0.1, 0.15) is 17.0 Å². The van der Waals surface area contributed by atoms with Gasteiger partial charge in [-0.2, -0.15) is 5.10 Å². The third kappa shape index (κ3) is 2.76. The van der Waals surface area contributed by atoms with Gasteiger partial charge in [0.25, 0.3) is 0 Å². The molecule has 0 saturated heterocycles. The number of hydrogen-bond acceptors (Lipinski definition) is 4. The molecule has 5 rings (SSSR count). The van der Waals surface area contributed by atoms with Crippen molar-refractivity contribution in [1.29, 1.82) is 0 Å². The van der Waals surface area contributed by atoms with Gasteiger partial charge in [0, 0.05) is 24.2 Å². The molecule has 3 aromatic rings. The van der Waals surface area contributed by atoms with Crippen molar-refractivity contribution in [2.75, 3.05) is 23.9 Å². The first kappa shape index (κ1) is 19.4. The van der Waals surface area contributed by atoms with Gasteiger partial charge in [0.2, 0.25) is 11.8 Å². The van der Waals surface area contributed by atoms with E-state index in [-0.39, 0.29) is 18.2 Å². The standard InChI is InChI=1S/C24H24N4O3/c1-15(2)14-27-20-7-5-4-6-18(20)24(23(27)30)12-21(29)26-22-19(24)13-25-28(22)16-8-10-17(31-3)11-9-16/h4-11,13,15H,12,14H2,1-3H3,(H,26,29)/t24-/m0/s1. The number of amides is 2. The maximum Gasteiger partial charge on any atom is 0.242 e. The van der Waals surface area contributed by atoms with Crippen LogP contribution in [0.2, 0.25) is 0 Å². The number of para-hydroxylation sites is 1. The van der Waals surface area contributed by atoms with Crippen LogP contribution in [0.5, 0.6) is 5.75 Å². The molecule has 2 aliphatic rings. The average Bonchev–Trinajstić information content (AvgIpc) is 3.28. The highest BCUT2D eigenvalue weighted by Gasteiger charge is 2.57. The van der Waals surface area contributed by atoms with Crippen molar-refractivity contribution in [3.8, 4) is 11.4 Å². The summed E-state index contributed by atoms with van der Waals surface area (Å²) in [5.41, 5.74) is 2.18. The maximum atomic E-state index is 13.9. The molecule has 7 nitrogen and oxygen atoms in total. The molecular formula is C24H24N4O3. The Kier molecular flexibility index (Phi) is 4.36. The zero-order valence-corrected chi connectivity index (χ0v) is 17.8. The lowest BCUT2D eigenvalue weighted by atomic mass is 9.72. The predicted molar refractivity (Wildman–Crippen MR) is 118 cm³/mol. The third-order valence-electron chi connectivity index (χ3n) is 6.04. The van der Waals surface area contributed by atoms with Crippen LogP contribution in [0.1, 0.15) is 31.4 Å². The lowest BCUT2D eigenvalue weighted by Gasteiger charge is -2.32. The largest absolute Gasteiger partial charge is 0.497 e. The molecule has 0 saturated carbocycles. The number of benzene rings is 2. The number of aromatic nitrogens is 2. The molecule has 3 heterocycles. The van der Waals surface area contributed by atoms with E-state index in [0.717, 1.165) is 28.3 Å². The molecule has 1 N–H and O–H groups in total. The molecule has 1 aromatic heterocycles. The summed E-state index contributed by atoms with van der Waals surface area (Å²) in [7, 11) is 1.61. The fourth-order valence-corrected chi connectivity index (χ4v) is 4.71. The fourth-order valence-electron chi connectivity index (χ4n) is 4.71. The van der Waals surface area contributed by atoms with Crippen molar-refractivity contribution in [2.45, 2.75) is 25.7 Å². The van der Waals surface area contributed by atoms with Crippen LogP contribution in [0, 0.1) is 5.92 Å². The van der Waals surface area contributed by atoms with E-state index in [2.05, 4.69) is 24.3 Å². The van der Waals surface area contributed by atoms with Gasteiger partial charge in [0.15, 0.2) is 0 Å². The Bertz CT molecular complexity index is 1180. The monoisotopic (exact) mass is 416 g/mol. The van der Waals surface area contributed by atoms with Crippen LogP contribution in [0.25, 0.3) is 5.69 Å². The first-order valence-electron chi connectivity index (χ1n) is 10.4. The summed E-state index contributed by atoms with van der Waals surface area (Å²) in [6.45, 7) is 4.77. The predicted octanol–water partition coefficient (Wildman–Crippen LogP) is 3.51. The molecule has 0 unspecified atom stereocenters. The van der Waals surface area contributed by atoms with E-state index in [1.165, 1.54) is 0 Å². The second-order valence-corrected chi connectivity index (χ2v) is 8.47. The molecule has 7 heteroatoms. The van der Waals surface area contributed by atoms with E-state index in [9.17, 15) is 9.59 Å². The van der Waals surface area contributed by atoms with E-state index < -0.39 is 5.41 Å². The molecule has 1 spiro atoms. The topological polar surface area (TPSA) is 76.5 Å². The minimum Gasteiger partial charge on any atom is -0.497 e. The van der Waals surface area contributed by atoms with E-state index in [0.29, 0.717) is 18.3 Å². The number of nitrogens with zero attached hydrogens (tertiary/aromatic N) is 3. The summed E-state index contributed by atoms with van der Waals surface area (Å²) in [6.07, 6.45) is 1.78. The Morgan fingerprint density at radius 3 is 2.55 bits per heavy atom. The minimum absolute atomic E-state index is 0.0622. The number of methoxy groups -OCH3 is 1. The average molecular weight is 416 g/mol. The van der Waals surface area contributed by atoms with E-state index >= 15 is 0 Å². The van der Waals surface area contributed by atoms with Crippen LogP contribution in [-0.4, -0.2) is 35.2 Å². The van der Waals surface area contributed by atoms with Gasteiger partial charge in [-0.25, -0.2) is 4.68 Å². The zero-order valence-electron chi connectivity index (χ0n) is 17.8. The first-order valence-corrected chi connectivity index (χ1v) is 10.4. The Morgan fingerprint density at radius 2 is 1.84 bits per heavy atom. The van der Waals surface area contributed by atoms with Crippen molar-refractivity contribution in [2.24, 2.45) is 5.92 Å². The van der Waals surface area contributed by atoms with E-state index in [1.54, 1.807) is 18.0 Å². The molecule has 0 aliphatic carbocycles. The van der Waals surface area contributed by atoms with E-state index in [1.807, 2.05) is 53.4 Å². The van der Waals surface area contributed by atoms with Gasteiger partial charge in [-0.3, -0.25) is 9.59 Å². The van der Waals surface area contributed by atoms with Gasteiger partial charge in [-0.05, 0) is 41.8 Å². The molecule has 2 aliphatic heterocycles. The molecule has 0 radical (unpaired) electrons. The Morgan fingerprint density at radius 1 is 1.10 bits per heavy atom. The highest BCUT2D eigenvalue weighted by atomic mass is 16.5. The molecule has 2 aromatic carbocycles. The highest BCUT2D eigenvalue weighted by molar-refractivity contribution is 6.15.